The Balaban J connectivity index is 1.92. The molecule has 1 saturated heterocycles. The van der Waals surface area contributed by atoms with Gasteiger partial charge in [0.15, 0.2) is 0 Å². The Bertz CT molecular complexity index is 1430. The number of anilines is 2. The van der Waals surface area contributed by atoms with E-state index in [1.807, 2.05) is 0 Å². The summed E-state index contributed by atoms with van der Waals surface area (Å²) in [5, 5.41) is 14.3. The molecule has 2 N–H and O–H groups in total. The SMILES string of the molecule is COc1ccc(C2/C(=C(\O)c3cc(Cl)c(OC)cc3OC)C(=O)C(=O)N2c2ccc(NC(C)=O)cc2)cc1. The number of aliphatic hydroxyl groups is 1. The van der Waals surface area contributed by atoms with E-state index in [1.54, 1.807) is 48.5 Å². The number of carbonyl (C=O) groups excluding carboxylic acids is 3. The Morgan fingerprint density at radius 2 is 1.55 bits per heavy atom. The average molecular weight is 537 g/mol. The number of amides is 2. The predicted octanol–water partition coefficient (Wildman–Crippen LogP) is 4.95. The molecule has 0 spiro atoms. The van der Waals surface area contributed by atoms with Gasteiger partial charge < -0.3 is 24.6 Å². The second kappa shape index (κ2) is 10.9. The van der Waals surface area contributed by atoms with E-state index in [9.17, 15) is 19.5 Å². The number of aliphatic hydroxyl groups excluding tert-OH is 1. The summed E-state index contributed by atoms with van der Waals surface area (Å²) in [7, 11) is 4.36. The van der Waals surface area contributed by atoms with Crippen molar-refractivity contribution in [2.45, 2.75) is 13.0 Å². The summed E-state index contributed by atoms with van der Waals surface area (Å²) in [4.78, 5) is 39.6. The fourth-order valence-corrected chi connectivity index (χ4v) is 4.54. The van der Waals surface area contributed by atoms with Crippen molar-refractivity contribution >= 4 is 46.3 Å². The Labute approximate surface area is 224 Å². The van der Waals surface area contributed by atoms with Gasteiger partial charge in [0.2, 0.25) is 5.91 Å². The molecule has 1 atom stereocenters. The number of ether oxygens (including phenoxy) is 3. The summed E-state index contributed by atoms with van der Waals surface area (Å²) in [5.74, 6) is -1.34. The highest BCUT2D eigenvalue weighted by Crippen LogP contribution is 2.45. The second-order valence-corrected chi connectivity index (χ2v) is 8.76. The highest BCUT2D eigenvalue weighted by atomic mass is 35.5. The van der Waals surface area contributed by atoms with E-state index in [0.717, 1.165) is 0 Å². The summed E-state index contributed by atoms with van der Waals surface area (Å²) in [6.45, 7) is 1.38. The van der Waals surface area contributed by atoms with Crippen LogP contribution in [0.3, 0.4) is 0 Å². The van der Waals surface area contributed by atoms with E-state index in [2.05, 4.69) is 5.32 Å². The van der Waals surface area contributed by atoms with Crippen LogP contribution >= 0.6 is 11.6 Å². The number of carbonyl (C=O) groups is 3. The monoisotopic (exact) mass is 536 g/mol. The molecule has 0 saturated carbocycles. The first-order valence-electron chi connectivity index (χ1n) is 11.4. The third kappa shape index (κ3) is 4.88. The number of halogens is 1. The first-order valence-corrected chi connectivity index (χ1v) is 11.8. The van der Waals surface area contributed by atoms with E-state index < -0.39 is 23.5 Å². The summed E-state index contributed by atoms with van der Waals surface area (Å²) in [6.07, 6.45) is 0. The number of nitrogens with one attached hydrogen (secondary N) is 1. The molecular weight excluding hydrogens is 512 g/mol. The van der Waals surface area contributed by atoms with Crippen LogP contribution in [0.5, 0.6) is 17.2 Å². The smallest absolute Gasteiger partial charge is 0.300 e. The molecule has 0 bridgehead atoms. The van der Waals surface area contributed by atoms with Gasteiger partial charge in [-0.2, -0.15) is 0 Å². The van der Waals surface area contributed by atoms with E-state index in [1.165, 1.54) is 45.3 Å². The van der Waals surface area contributed by atoms with Crippen LogP contribution in [-0.4, -0.2) is 44.0 Å². The van der Waals surface area contributed by atoms with Gasteiger partial charge in [0.25, 0.3) is 11.7 Å². The normalized spacial score (nSPS) is 16.3. The van der Waals surface area contributed by atoms with Crippen molar-refractivity contribution in [3.63, 3.8) is 0 Å². The number of Topliss-reactive ketones (excluding diaryl/α,β-unsaturated/α-hetero) is 1. The second-order valence-electron chi connectivity index (χ2n) is 8.36. The van der Waals surface area contributed by atoms with Crippen LogP contribution in [0, 0.1) is 0 Å². The van der Waals surface area contributed by atoms with Crippen molar-refractivity contribution < 1.29 is 33.7 Å². The maximum absolute atomic E-state index is 13.4. The van der Waals surface area contributed by atoms with Crippen LogP contribution in [0.1, 0.15) is 24.1 Å². The maximum Gasteiger partial charge on any atom is 0.300 e. The van der Waals surface area contributed by atoms with Gasteiger partial charge in [-0.05, 0) is 48.0 Å². The standard InChI is InChI=1S/C28H25ClN2O7/c1-15(32)30-17-7-9-18(10-8-17)31-25(16-5-11-19(36-2)12-6-16)24(27(34)28(31)35)26(33)20-13-21(29)23(38-4)14-22(20)37-3/h5-14,25,33H,1-4H3,(H,30,32)/b26-24+. The number of hydrogen-bond acceptors (Lipinski definition) is 7. The summed E-state index contributed by atoms with van der Waals surface area (Å²) in [6, 6.07) is 15.2. The van der Waals surface area contributed by atoms with Gasteiger partial charge in [0.1, 0.15) is 23.0 Å². The van der Waals surface area contributed by atoms with Gasteiger partial charge in [-0.1, -0.05) is 23.7 Å². The van der Waals surface area contributed by atoms with Crippen molar-refractivity contribution in [2.24, 2.45) is 0 Å². The molecule has 3 aromatic rings. The predicted molar refractivity (Wildman–Crippen MR) is 143 cm³/mol. The minimum absolute atomic E-state index is 0.121. The zero-order valence-corrected chi connectivity index (χ0v) is 21.8. The first-order chi connectivity index (χ1) is 18.2. The first kappa shape index (κ1) is 26.6. The molecule has 38 heavy (non-hydrogen) atoms. The van der Waals surface area contributed by atoms with E-state index in [0.29, 0.717) is 28.4 Å². The van der Waals surface area contributed by atoms with Gasteiger partial charge in [-0.15, -0.1) is 0 Å². The van der Waals surface area contributed by atoms with Crippen molar-refractivity contribution in [1.82, 2.24) is 0 Å². The number of rotatable bonds is 7. The lowest BCUT2D eigenvalue weighted by molar-refractivity contribution is -0.132. The van der Waals surface area contributed by atoms with Crippen molar-refractivity contribution in [1.29, 1.82) is 0 Å². The molecule has 1 unspecified atom stereocenters. The minimum atomic E-state index is -0.988. The van der Waals surface area contributed by atoms with Crippen LogP contribution in [0.15, 0.2) is 66.2 Å². The molecule has 4 rings (SSSR count). The molecule has 0 aromatic heterocycles. The van der Waals surface area contributed by atoms with E-state index >= 15 is 0 Å². The number of methoxy groups -OCH3 is 3. The van der Waals surface area contributed by atoms with Gasteiger partial charge >= 0.3 is 0 Å². The molecule has 196 valence electrons. The van der Waals surface area contributed by atoms with E-state index in [4.69, 9.17) is 25.8 Å². The Morgan fingerprint density at radius 3 is 2.11 bits per heavy atom. The molecule has 1 aliphatic rings. The fraction of sp³-hybridized carbons (Fsp3) is 0.179. The Kier molecular flexibility index (Phi) is 7.59. The minimum Gasteiger partial charge on any atom is -0.507 e. The molecule has 1 heterocycles. The third-order valence-electron chi connectivity index (χ3n) is 6.07. The highest BCUT2D eigenvalue weighted by Gasteiger charge is 2.47. The van der Waals surface area contributed by atoms with Crippen LogP contribution < -0.4 is 24.4 Å². The molecule has 2 amide bonds. The molecule has 0 radical (unpaired) electrons. The lowest BCUT2D eigenvalue weighted by Crippen LogP contribution is -2.29. The van der Waals surface area contributed by atoms with Crippen molar-refractivity contribution in [2.75, 3.05) is 31.5 Å². The van der Waals surface area contributed by atoms with Gasteiger partial charge in [0, 0.05) is 24.4 Å². The van der Waals surface area contributed by atoms with Crippen LogP contribution in [-0.2, 0) is 14.4 Å². The number of benzene rings is 3. The van der Waals surface area contributed by atoms with E-state index in [-0.39, 0.29) is 27.8 Å². The van der Waals surface area contributed by atoms with Crippen LogP contribution in [0.4, 0.5) is 11.4 Å². The zero-order chi connectivity index (χ0) is 27.6. The maximum atomic E-state index is 13.4. The zero-order valence-electron chi connectivity index (χ0n) is 21.1. The molecule has 10 heteroatoms. The van der Waals surface area contributed by atoms with Gasteiger partial charge in [0.05, 0.1) is 43.5 Å². The fourth-order valence-electron chi connectivity index (χ4n) is 4.30. The Morgan fingerprint density at radius 1 is 0.921 bits per heavy atom. The quantitative estimate of drug-likeness (QED) is 0.249. The topological polar surface area (TPSA) is 114 Å². The van der Waals surface area contributed by atoms with Crippen LogP contribution in [0.2, 0.25) is 5.02 Å². The Hall–Kier alpha value is -4.50. The molecule has 1 aliphatic heterocycles. The summed E-state index contributed by atoms with van der Waals surface area (Å²) in [5.41, 5.74) is 1.44. The highest BCUT2D eigenvalue weighted by molar-refractivity contribution is 6.51. The lowest BCUT2D eigenvalue weighted by atomic mass is 9.94. The van der Waals surface area contributed by atoms with Gasteiger partial charge in [-0.25, -0.2) is 0 Å². The largest absolute Gasteiger partial charge is 0.507 e. The van der Waals surface area contributed by atoms with Crippen molar-refractivity contribution in [3.05, 3.63) is 82.4 Å². The average Bonchev–Trinajstić information content (AvgIpc) is 3.18. The molecule has 3 aromatic carbocycles. The molecule has 0 aliphatic carbocycles. The lowest BCUT2D eigenvalue weighted by Gasteiger charge is -2.26. The molecule has 1 fully saturated rings. The van der Waals surface area contributed by atoms with Crippen LogP contribution in [0.25, 0.3) is 5.76 Å². The molecular formula is C28H25ClN2O7. The number of ketones is 1. The summed E-state index contributed by atoms with van der Waals surface area (Å²) >= 11 is 6.32. The third-order valence-corrected chi connectivity index (χ3v) is 6.37. The summed E-state index contributed by atoms with van der Waals surface area (Å²) < 4.78 is 15.9. The number of nitrogens with zero attached hydrogens (tertiary/aromatic N) is 1. The van der Waals surface area contributed by atoms with Crippen molar-refractivity contribution in [3.8, 4) is 17.2 Å². The number of hydrogen-bond donors (Lipinski definition) is 2. The molecule has 9 nitrogen and oxygen atoms in total. The van der Waals surface area contributed by atoms with Gasteiger partial charge in [-0.3, -0.25) is 19.3 Å².